The van der Waals surface area contributed by atoms with Crippen molar-refractivity contribution in [2.24, 2.45) is 4.99 Å². The van der Waals surface area contributed by atoms with Crippen LogP contribution in [-0.4, -0.2) is 36.8 Å². The van der Waals surface area contributed by atoms with E-state index >= 15 is 0 Å². The zero-order valence-electron chi connectivity index (χ0n) is 20.3. The number of rotatable bonds is 5. The smallest absolute Gasteiger partial charge is 0.271 e. The number of aromatic nitrogens is 1. The van der Waals surface area contributed by atoms with Crippen LogP contribution in [0.3, 0.4) is 0 Å². The maximum atomic E-state index is 13.8. The van der Waals surface area contributed by atoms with Crippen molar-refractivity contribution in [3.05, 3.63) is 100.0 Å². The van der Waals surface area contributed by atoms with Gasteiger partial charge in [-0.3, -0.25) is 14.2 Å². The maximum Gasteiger partial charge on any atom is 0.271 e. The highest BCUT2D eigenvalue weighted by Gasteiger charge is 2.33. The molecule has 2 aliphatic rings. The Morgan fingerprint density at radius 3 is 2.71 bits per heavy atom. The number of furan rings is 1. The Morgan fingerprint density at radius 1 is 1.18 bits per heavy atom. The van der Waals surface area contributed by atoms with Crippen LogP contribution in [0.2, 0.25) is 0 Å². The first-order chi connectivity index (χ1) is 18.5. The first kappa shape index (κ1) is 25.1. The van der Waals surface area contributed by atoms with Crippen LogP contribution >= 0.6 is 38.6 Å². The number of benzene rings is 1. The summed E-state index contributed by atoms with van der Waals surface area (Å²) in [6, 6.07) is 14.4. The number of ether oxygens (including phenoxy) is 1. The molecule has 1 atom stereocenters. The van der Waals surface area contributed by atoms with Crippen LogP contribution in [0.25, 0.3) is 6.08 Å². The average Bonchev–Trinajstić information content (AvgIpc) is 3.65. The summed E-state index contributed by atoms with van der Waals surface area (Å²) in [5.74, 6) is 1.00. The van der Waals surface area contributed by atoms with Crippen molar-refractivity contribution in [2.45, 2.75) is 13.0 Å². The summed E-state index contributed by atoms with van der Waals surface area (Å²) >= 11 is 6.38. The second-order valence-corrected chi connectivity index (χ2v) is 11.7. The number of allylic oxidation sites excluding steroid dienone is 1. The molecule has 1 N–H and O–H groups in total. The lowest BCUT2D eigenvalue weighted by Gasteiger charge is -2.26. The Balaban J connectivity index is 1.42. The molecule has 194 valence electrons. The molecule has 4 aromatic rings. The van der Waals surface area contributed by atoms with Crippen molar-refractivity contribution in [3.8, 4) is 0 Å². The van der Waals surface area contributed by atoms with Crippen LogP contribution in [-0.2, 0) is 9.53 Å². The molecule has 1 saturated heterocycles. The number of fused-ring (bicyclic) bond motifs is 1. The minimum atomic E-state index is -0.579. The van der Waals surface area contributed by atoms with Gasteiger partial charge < -0.3 is 19.4 Å². The van der Waals surface area contributed by atoms with Crippen molar-refractivity contribution < 1.29 is 13.9 Å². The minimum absolute atomic E-state index is 0.217. The Labute approximate surface area is 234 Å². The number of thiophene rings is 1. The molecule has 3 aromatic heterocycles. The molecule has 11 heteroatoms. The van der Waals surface area contributed by atoms with Crippen molar-refractivity contribution >= 4 is 62.2 Å². The van der Waals surface area contributed by atoms with Gasteiger partial charge in [0, 0.05) is 35.8 Å². The number of halogens is 1. The van der Waals surface area contributed by atoms with E-state index in [1.165, 1.54) is 22.7 Å². The van der Waals surface area contributed by atoms with E-state index < -0.39 is 6.04 Å². The molecule has 1 amide bonds. The predicted octanol–water partition coefficient (Wildman–Crippen LogP) is 4.13. The van der Waals surface area contributed by atoms with E-state index in [4.69, 9.17) is 14.1 Å². The monoisotopic (exact) mass is 610 g/mol. The molecule has 0 radical (unpaired) electrons. The lowest BCUT2D eigenvalue weighted by atomic mass is 10.0. The third-order valence-corrected chi connectivity index (χ3v) is 8.85. The molecule has 0 saturated carbocycles. The first-order valence-corrected chi connectivity index (χ1v) is 14.5. The molecular weight excluding hydrogens is 588 g/mol. The van der Waals surface area contributed by atoms with Crippen LogP contribution in [0.4, 0.5) is 11.6 Å². The summed E-state index contributed by atoms with van der Waals surface area (Å²) < 4.78 is 14.5. The SMILES string of the molecule is CC1=C(C(=O)Nc2ccccc2)[C@@H](c2cccs2)n2c(s/c(=C/c3cc(Br)c(N4CCOCC4)o3)c2=O)=N1. The second kappa shape index (κ2) is 10.5. The van der Waals surface area contributed by atoms with Crippen molar-refractivity contribution in [1.29, 1.82) is 0 Å². The molecule has 6 rings (SSSR count). The quantitative estimate of drug-likeness (QED) is 0.367. The van der Waals surface area contributed by atoms with E-state index in [2.05, 4.69) is 26.1 Å². The van der Waals surface area contributed by atoms with Crippen LogP contribution < -0.4 is 25.1 Å². The highest BCUT2D eigenvalue weighted by Crippen LogP contribution is 2.34. The van der Waals surface area contributed by atoms with Gasteiger partial charge in [0.25, 0.3) is 11.5 Å². The summed E-state index contributed by atoms with van der Waals surface area (Å²) in [4.78, 5) is 35.6. The molecule has 38 heavy (non-hydrogen) atoms. The fourth-order valence-electron chi connectivity index (χ4n) is 4.61. The third kappa shape index (κ3) is 4.71. The van der Waals surface area contributed by atoms with E-state index in [0.29, 0.717) is 45.3 Å². The number of carbonyl (C=O) groups is 1. The molecular formula is C27H23BrN4O4S2. The largest absolute Gasteiger partial charge is 0.440 e. The standard InChI is InChI=1S/C27H23BrN4O4S2/c1-16-22(24(33)30-17-6-3-2-4-7-17)23(20-8-5-13-37-20)32-25(34)21(38-27(32)29-16)15-18-14-19(28)26(36-18)31-9-11-35-12-10-31/h2-8,13-15,23H,9-12H2,1H3,(H,30,33)/b21-15+/t23-/m1/s1. The van der Waals surface area contributed by atoms with Crippen LogP contribution in [0.1, 0.15) is 23.6 Å². The summed E-state index contributed by atoms with van der Waals surface area (Å²) in [5, 5.41) is 4.91. The highest BCUT2D eigenvalue weighted by molar-refractivity contribution is 9.10. The number of morpholine rings is 1. The zero-order valence-corrected chi connectivity index (χ0v) is 23.6. The normalized spacial score (nSPS) is 17.9. The van der Waals surface area contributed by atoms with Gasteiger partial charge in [-0.2, -0.15) is 0 Å². The van der Waals surface area contributed by atoms with Crippen LogP contribution in [0.5, 0.6) is 0 Å². The van der Waals surface area contributed by atoms with Gasteiger partial charge in [-0.1, -0.05) is 35.6 Å². The Morgan fingerprint density at radius 2 is 1.97 bits per heavy atom. The summed E-state index contributed by atoms with van der Waals surface area (Å²) in [6.07, 6.45) is 1.74. The molecule has 2 aliphatic heterocycles. The van der Waals surface area contributed by atoms with E-state index in [9.17, 15) is 9.59 Å². The van der Waals surface area contributed by atoms with Gasteiger partial charge in [0.2, 0.25) is 5.88 Å². The van der Waals surface area contributed by atoms with Crippen molar-refractivity contribution in [3.63, 3.8) is 0 Å². The molecule has 1 aromatic carbocycles. The predicted molar refractivity (Wildman–Crippen MR) is 153 cm³/mol. The molecule has 0 spiro atoms. The van der Waals surface area contributed by atoms with Gasteiger partial charge in [0.05, 0.1) is 33.5 Å². The number of nitrogens with zero attached hydrogens (tertiary/aromatic N) is 3. The topological polar surface area (TPSA) is 89.1 Å². The fourth-order valence-corrected chi connectivity index (χ4v) is 7.01. The van der Waals surface area contributed by atoms with E-state index in [-0.39, 0.29) is 11.5 Å². The number of carbonyl (C=O) groups excluding carboxylic acids is 1. The summed E-state index contributed by atoms with van der Waals surface area (Å²) in [5.41, 5.74) is 1.50. The van der Waals surface area contributed by atoms with Crippen LogP contribution in [0, 0.1) is 0 Å². The van der Waals surface area contributed by atoms with Gasteiger partial charge >= 0.3 is 0 Å². The minimum Gasteiger partial charge on any atom is -0.440 e. The molecule has 1 fully saturated rings. The van der Waals surface area contributed by atoms with E-state index in [0.717, 1.165) is 28.3 Å². The molecule has 0 unspecified atom stereocenters. The first-order valence-electron chi connectivity index (χ1n) is 12.0. The Hall–Kier alpha value is -3.25. The summed E-state index contributed by atoms with van der Waals surface area (Å²) in [6.45, 7) is 4.58. The molecule has 8 nitrogen and oxygen atoms in total. The summed E-state index contributed by atoms with van der Waals surface area (Å²) in [7, 11) is 0. The molecule has 5 heterocycles. The highest BCUT2D eigenvalue weighted by atomic mass is 79.9. The van der Waals surface area contributed by atoms with Gasteiger partial charge in [0.15, 0.2) is 4.80 Å². The van der Waals surface area contributed by atoms with Crippen molar-refractivity contribution in [1.82, 2.24) is 4.57 Å². The van der Waals surface area contributed by atoms with Crippen LogP contribution in [0.15, 0.2) is 83.9 Å². The molecule has 0 aliphatic carbocycles. The lowest BCUT2D eigenvalue weighted by molar-refractivity contribution is -0.113. The third-order valence-electron chi connectivity index (χ3n) is 6.37. The second-order valence-electron chi connectivity index (χ2n) is 8.82. The zero-order chi connectivity index (χ0) is 26.2. The number of thiazole rings is 1. The van der Waals surface area contributed by atoms with E-state index in [1.807, 2.05) is 60.8 Å². The maximum absolute atomic E-state index is 13.8. The molecule has 0 bridgehead atoms. The van der Waals surface area contributed by atoms with E-state index in [1.54, 1.807) is 10.6 Å². The van der Waals surface area contributed by atoms with Gasteiger partial charge in [0.1, 0.15) is 11.8 Å². The number of anilines is 2. The average molecular weight is 612 g/mol. The van der Waals surface area contributed by atoms with Gasteiger partial charge in [-0.25, -0.2) is 4.99 Å². The van der Waals surface area contributed by atoms with Gasteiger partial charge in [-0.15, -0.1) is 11.3 Å². The Kier molecular flexibility index (Phi) is 6.91. The van der Waals surface area contributed by atoms with Gasteiger partial charge in [-0.05, 0) is 46.4 Å². The number of nitrogens with one attached hydrogen (secondary N) is 1. The van der Waals surface area contributed by atoms with Crippen molar-refractivity contribution in [2.75, 3.05) is 36.5 Å². The number of para-hydroxylation sites is 1. The Bertz CT molecular complexity index is 1700. The number of amides is 1. The fraction of sp³-hybridized carbons (Fsp3) is 0.222. The number of hydrogen-bond acceptors (Lipinski definition) is 8. The lowest BCUT2D eigenvalue weighted by Crippen LogP contribution is -2.40. The number of hydrogen-bond donors (Lipinski definition) is 1.